The van der Waals surface area contributed by atoms with Gasteiger partial charge in [-0.05, 0) is 51.2 Å². The number of amides is 2. The maximum absolute atomic E-state index is 13.5. The summed E-state index contributed by atoms with van der Waals surface area (Å²) in [4.78, 5) is 35.5. The molecule has 1 saturated carbocycles. The van der Waals surface area contributed by atoms with E-state index in [9.17, 15) is 9.59 Å². The predicted octanol–water partition coefficient (Wildman–Crippen LogP) is 4.92. The second kappa shape index (κ2) is 11.5. The number of nitrogens with one attached hydrogen (secondary N) is 2. The molecular weight excluding hydrogens is 456 g/mol. The third-order valence-electron chi connectivity index (χ3n) is 5.60. The first-order valence-electron chi connectivity index (χ1n) is 11.0. The molecule has 1 heterocycles. The van der Waals surface area contributed by atoms with Crippen LogP contribution in [0.5, 0.6) is 0 Å². The molecule has 31 heavy (non-hydrogen) atoms. The number of imidazole rings is 1. The van der Waals surface area contributed by atoms with E-state index in [4.69, 9.17) is 0 Å². The molecule has 7 heteroatoms. The van der Waals surface area contributed by atoms with Crippen LogP contribution in [0.3, 0.4) is 0 Å². The highest BCUT2D eigenvalue weighted by molar-refractivity contribution is 9.11. The normalized spacial score (nSPS) is 15.7. The van der Waals surface area contributed by atoms with Crippen molar-refractivity contribution in [3.8, 4) is 0 Å². The highest BCUT2D eigenvalue weighted by Crippen LogP contribution is 2.31. The number of hydrogen-bond acceptors (Lipinski definition) is 3. The summed E-state index contributed by atoms with van der Waals surface area (Å²) < 4.78 is 0.760. The van der Waals surface area contributed by atoms with Crippen molar-refractivity contribution in [3.63, 3.8) is 0 Å². The van der Waals surface area contributed by atoms with Crippen LogP contribution in [-0.2, 0) is 9.59 Å². The number of nitrogens with zero attached hydrogens (tertiary/aromatic N) is 2. The third kappa shape index (κ3) is 7.20. The topological polar surface area (TPSA) is 78.1 Å². The van der Waals surface area contributed by atoms with Gasteiger partial charge in [0.2, 0.25) is 11.8 Å². The molecule has 0 bridgehead atoms. The monoisotopic (exact) mass is 490 g/mol. The molecule has 2 amide bonds. The minimum atomic E-state index is -0.258. The minimum Gasteiger partial charge on any atom is -0.352 e. The van der Waals surface area contributed by atoms with Gasteiger partial charge in [-0.15, -0.1) is 0 Å². The molecule has 1 fully saturated rings. The number of allylic oxidation sites excluding steroid dienone is 4. The van der Waals surface area contributed by atoms with Gasteiger partial charge in [0, 0.05) is 28.4 Å². The number of rotatable bonds is 12. The van der Waals surface area contributed by atoms with Crippen molar-refractivity contribution in [2.24, 2.45) is 5.92 Å². The molecule has 1 aliphatic rings. The molecule has 2 rings (SSSR count). The highest BCUT2D eigenvalue weighted by atomic mass is 79.9. The summed E-state index contributed by atoms with van der Waals surface area (Å²) in [5, 5.41) is 2.98. The summed E-state index contributed by atoms with van der Waals surface area (Å²) in [5.74, 6) is 0.371. The summed E-state index contributed by atoms with van der Waals surface area (Å²) in [5.41, 5.74) is 1.60. The van der Waals surface area contributed by atoms with Gasteiger partial charge in [0.05, 0.1) is 18.4 Å². The Kier molecular flexibility index (Phi) is 9.29. The lowest BCUT2D eigenvalue weighted by atomic mass is 9.85. The maximum atomic E-state index is 13.5. The van der Waals surface area contributed by atoms with Gasteiger partial charge in [0.15, 0.2) is 0 Å². The fourth-order valence-corrected chi connectivity index (χ4v) is 3.78. The van der Waals surface area contributed by atoms with Crippen molar-refractivity contribution < 1.29 is 9.59 Å². The van der Waals surface area contributed by atoms with Crippen molar-refractivity contribution in [2.45, 2.75) is 71.4 Å². The lowest BCUT2D eigenvalue weighted by molar-refractivity contribution is -0.142. The van der Waals surface area contributed by atoms with Crippen LogP contribution in [-0.4, -0.2) is 45.3 Å². The molecule has 0 saturated heterocycles. The Morgan fingerprint density at radius 1 is 1.29 bits per heavy atom. The van der Waals surface area contributed by atoms with Crippen LogP contribution in [0.2, 0.25) is 0 Å². The van der Waals surface area contributed by atoms with Crippen molar-refractivity contribution >= 4 is 33.3 Å². The fraction of sp³-hybridized carbons (Fsp3) is 0.542. The van der Waals surface area contributed by atoms with E-state index in [2.05, 4.69) is 51.3 Å². The van der Waals surface area contributed by atoms with E-state index in [-0.39, 0.29) is 42.3 Å². The van der Waals surface area contributed by atoms with Crippen LogP contribution < -0.4 is 5.32 Å². The Hall–Kier alpha value is -2.15. The number of H-pyrrole nitrogens is 1. The zero-order valence-corrected chi connectivity index (χ0v) is 20.7. The van der Waals surface area contributed by atoms with Crippen LogP contribution in [0, 0.1) is 5.92 Å². The first-order chi connectivity index (χ1) is 14.7. The molecule has 2 N–H and O–H groups in total. The molecule has 6 nitrogen and oxygen atoms in total. The first-order valence-corrected chi connectivity index (χ1v) is 11.8. The van der Waals surface area contributed by atoms with Crippen LogP contribution in [0.1, 0.15) is 70.8 Å². The van der Waals surface area contributed by atoms with Crippen molar-refractivity contribution in [3.05, 3.63) is 47.5 Å². The van der Waals surface area contributed by atoms with Crippen molar-refractivity contribution in [2.75, 3.05) is 6.54 Å². The quantitative estimate of drug-likeness (QED) is 0.408. The van der Waals surface area contributed by atoms with Gasteiger partial charge < -0.3 is 15.2 Å². The molecule has 1 aromatic heterocycles. The molecule has 1 aliphatic carbocycles. The zero-order valence-electron chi connectivity index (χ0n) is 19.1. The molecule has 1 aromatic rings. The number of carbonyl (C=O) groups excluding carboxylic acids is 2. The summed E-state index contributed by atoms with van der Waals surface area (Å²) >= 11 is 3.30. The van der Waals surface area contributed by atoms with Gasteiger partial charge in [0.25, 0.3) is 0 Å². The summed E-state index contributed by atoms with van der Waals surface area (Å²) in [6.07, 6.45) is 8.93. The number of halogens is 1. The average molecular weight is 491 g/mol. The second-order valence-electron chi connectivity index (χ2n) is 8.42. The third-order valence-corrected chi connectivity index (χ3v) is 5.87. The molecule has 0 radical (unpaired) electrons. The van der Waals surface area contributed by atoms with Crippen LogP contribution in [0.4, 0.5) is 0 Å². The molecule has 170 valence electrons. The van der Waals surface area contributed by atoms with E-state index < -0.39 is 0 Å². The van der Waals surface area contributed by atoms with E-state index in [1.807, 2.05) is 32.9 Å². The largest absolute Gasteiger partial charge is 0.352 e. The van der Waals surface area contributed by atoms with Gasteiger partial charge in [-0.2, -0.15) is 0 Å². The summed E-state index contributed by atoms with van der Waals surface area (Å²) in [7, 11) is 0. The van der Waals surface area contributed by atoms with Gasteiger partial charge in [-0.25, -0.2) is 4.98 Å². The zero-order chi connectivity index (χ0) is 23.1. The fourth-order valence-electron chi connectivity index (χ4n) is 3.65. The number of aromatic nitrogens is 2. The first kappa shape index (κ1) is 25.1. The number of hydrogen-bond donors (Lipinski definition) is 2. The second-order valence-corrected chi connectivity index (χ2v) is 9.44. The van der Waals surface area contributed by atoms with Gasteiger partial charge in [-0.3, -0.25) is 9.59 Å². The van der Waals surface area contributed by atoms with Crippen LogP contribution in [0.15, 0.2) is 36.0 Å². The minimum absolute atomic E-state index is 0.00237. The lowest BCUT2D eigenvalue weighted by Crippen LogP contribution is -2.48. The molecule has 0 spiro atoms. The maximum Gasteiger partial charge on any atom is 0.239 e. The Bertz CT molecular complexity index is 838. The molecule has 0 unspecified atom stereocenters. The van der Waals surface area contributed by atoms with Gasteiger partial charge in [0.1, 0.15) is 5.82 Å². The Balaban J connectivity index is 2.18. The smallest absolute Gasteiger partial charge is 0.239 e. The SMILES string of the molecule is C=C(Br)/C=C\C(=C)c1cnc([C@H](CC)[C@H](CC)C(=O)N(CC(=O)NC2CC2)C(C)C)[nH]1. The van der Waals surface area contributed by atoms with Crippen LogP contribution >= 0.6 is 15.9 Å². The van der Waals surface area contributed by atoms with E-state index in [1.165, 1.54) is 0 Å². The lowest BCUT2D eigenvalue weighted by Gasteiger charge is -2.32. The highest BCUT2D eigenvalue weighted by Gasteiger charge is 2.34. The molecule has 0 aliphatic heterocycles. The molecule has 0 aromatic carbocycles. The van der Waals surface area contributed by atoms with Crippen molar-refractivity contribution in [1.29, 1.82) is 0 Å². The van der Waals surface area contributed by atoms with Crippen LogP contribution in [0.25, 0.3) is 5.57 Å². The van der Waals surface area contributed by atoms with Gasteiger partial charge >= 0.3 is 0 Å². The number of carbonyl (C=O) groups is 2. The summed E-state index contributed by atoms with van der Waals surface area (Å²) in [6.45, 7) is 15.9. The Labute approximate surface area is 194 Å². The van der Waals surface area contributed by atoms with E-state index >= 15 is 0 Å². The van der Waals surface area contributed by atoms with E-state index in [0.29, 0.717) is 6.42 Å². The Morgan fingerprint density at radius 2 is 1.97 bits per heavy atom. The average Bonchev–Trinajstić information content (AvgIpc) is 3.39. The van der Waals surface area contributed by atoms with Crippen molar-refractivity contribution in [1.82, 2.24) is 20.2 Å². The predicted molar refractivity (Wildman–Crippen MR) is 130 cm³/mol. The molecule has 2 atom stereocenters. The Morgan fingerprint density at radius 3 is 2.48 bits per heavy atom. The standard InChI is InChI=1S/C24H35BrN4O2/c1-7-19(23-26-13-21(28-23)16(5)9-10-17(6)25)20(8-2)24(31)29(15(3)4)14-22(30)27-18-11-12-18/h9-10,13,15,18-20H,5-8,11-12,14H2,1-4H3,(H,26,28)(H,27,30)/b10-9-/t19-,20+/m1/s1. The summed E-state index contributed by atoms with van der Waals surface area (Å²) in [6, 6.07) is 0.228. The molecular formula is C24H35BrN4O2. The van der Waals surface area contributed by atoms with E-state index in [1.54, 1.807) is 11.1 Å². The van der Waals surface area contributed by atoms with Gasteiger partial charge in [-0.1, -0.05) is 49.0 Å². The number of aromatic amines is 1. The van der Waals surface area contributed by atoms with E-state index in [0.717, 1.165) is 40.8 Å².